The van der Waals surface area contributed by atoms with E-state index < -0.39 is 6.36 Å². The molecule has 0 atom stereocenters. The van der Waals surface area contributed by atoms with E-state index in [-0.39, 0.29) is 11.7 Å². The molecule has 2 aromatic rings. The maximum Gasteiger partial charge on any atom is 0.573 e. The second-order valence-corrected chi connectivity index (χ2v) is 7.23. The minimum Gasteiger partial charge on any atom is -0.406 e. The molecular weight excluding hydrogens is 369 g/mol. The molecule has 1 fully saturated rings. The van der Waals surface area contributed by atoms with E-state index in [9.17, 15) is 13.2 Å². The van der Waals surface area contributed by atoms with Crippen molar-refractivity contribution in [1.82, 2.24) is 9.97 Å². The van der Waals surface area contributed by atoms with Gasteiger partial charge >= 0.3 is 6.36 Å². The van der Waals surface area contributed by atoms with Gasteiger partial charge in [-0.1, -0.05) is 31.4 Å². The van der Waals surface area contributed by atoms with Crippen LogP contribution in [0.25, 0.3) is 0 Å². The SMILES string of the molecule is Cc1nc(N)nc(N(Cc2ccc(OC(F)(F)F)cc2)C2CCCCC2)c1C. The van der Waals surface area contributed by atoms with Gasteiger partial charge in [0, 0.05) is 23.8 Å². The second-order valence-electron chi connectivity index (χ2n) is 7.23. The molecule has 152 valence electrons. The molecule has 1 aliphatic rings. The number of anilines is 2. The molecule has 1 heterocycles. The Morgan fingerprint density at radius 3 is 2.32 bits per heavy atom. The maximum absolute atomic E-state index is 12.4. The Labute approximate surface area is 162 Å². The van der Waals surface area contributed by atoms with Crippen LogP contribution in [0.3, 0.4) is 0 Å². The molecule has 0 spiro atoms. The standard InChI is InChI=1S/C20H25F3N4O/c1-13-14(2)25-19(24)26-18(13)27(16-6-4-3-5-7-16)12-15-8-10-17(11-9-15)28-20(21,22)23/h8-11,16H,3-7,12H2,1-2H3,(H2,24,25,26). The number of ether oxygens (including phenoxy) is 1. The van der Waals surface area contributed by atoms with Gasteiger partial charge in [-0.25, -0.2) is 4.98 Å². The van der Waals surface area contributed by atoms with Crippen molar-refractivity contribution >= 4 is 11.8 Å². The van der Waals surface area contributed by atoms with Crippen LogP contribution in [0.5, 0.6) is 5.75 Å². The van der Waals surface area contributed by atoms with Crippen molar-refractivity contribution in [3.05, 3.63) is 41.1 Å². The Hall–Kier alpha value is -2.51. The lowest BCUT2D eigenvalue weighted by Gasteiger charge is -2.36. The summed E-state index contributed by atoms with van der Waals surface area (Å²) in [5.74, 6) is 0.805. The Kier molecular flexibility index (Phi) is 5.96. The number of halogens is 3. The lowest BCUT2D eigenvalue weighted by molar-refractivity contribution is -0.274. The summed E-state index contributed by atoms with van der Waals surface area (Å²) in [6, 6.07) is 6.31. The first-order valence-corrected chi connectivity index (χ1v) is 9.45. The van der Waals surface area contributed by atoms with Crippen LogP contribution in [0.1, 0.15) is 48.9 Å². The van der Waals surface area contributed by atoms with Gasteiger partial charge in [0.1, 0.15) is 11.6 Å². The number of aryl methyl sites for hydroxylation is 1. The number of benzene rings is 1. The highest BCUT2D eigenvalue weighted by Gasteiger charge is 2.31. The van der Waals surface area contributed by atoms with Gasteiger partial charge in [0.25, 0.3) is 0 Å². The van der Waals surface area contributed by atoms with E-state index in [0.29, 0.717) is 12.6 Å². The number of nitrogens with two attached hydrogens (primary N) is 1. The fourth-order valence-corrected chi connectivity index (χ4v) is 3.68. The summed E-state index contributed by atoms with van der Waals surface area (Å²) in [6.07, 6.45) is 0.937. The molecule has 0 radical (unpaired) electrons. The molecular formula is C20H25F3N4O. The highest BCUT2D eigenvalue weighted by Crippen LogP contribution is 2.31. The highest BCUT2D eigenvalue weighted by atomic mass is 19.4. The van der Waals surface area contributed by atoms with E-state index in [2.05, 4.69) is 19.6 Å². The van der Waals surface area contributed by atoms with Crippen LogP contribution < -0.4 is 15.4 Å². The van der Waals surface area contributed by atoms with Gasteiger partial charge in [-0.05, 0) is 44.4 Å². The van der Waals surface area contributed by atoms with Gasteiger partial charge in [-0.2, -0.15) is 4.98 Å². The molecule has 3 rings (SSSR count). The molecule has 1 saturated carbocycles. The van der Waals surface area contributed by atoms with Gasteiger partial charge in [0.2, 0.25) is 5.95 Å². The molecule has 2 N–H and O–H groups in total. The second kappa shape index (κ2) is 8.24. The predicted octanol–water partition coefficient (Wildman–Crippen LogP) is 4.91. The molecule has 5 nitrogen and oxygen atoms in total. The monoisotopic (exact) mass is 394 g/mol. The zero-order valence-electron chi connectivity index (χ0n) is 16.1. The Morgan fingerprint density at radius 2 is 1.71 bits per heavy atom. The molecule has 0 bridgehead atoms. The average Bonchev–Trinajstić information content (AvgIpc) is 2.64. The molecule has 8 heteroatoms. The number of nitrogen functional groups attached to an aromatic ring is 1. The van der Waals surface area contributed by atoms with Crippen LogP contribution in [0.4, 0.5) is 24.9 Å². The van der Waals surface area contributed by atoms with Crippen molar-refractivity contribution in [3.63, 3.8) is 0 Å². The number of alkyl halides is 3. The van der Waals surface area contributed by atoms with E-state index >= 15 is 0 Å². The zero-order chi connectivity index (χ0) is 20.3. The first-order valence-electron chi connectivity index (χ1n) is 9.45. The zero-order valence-corrected chi connectivity index (χ0v) is 16.1. The van der Waals surface area contributed by atoms with Crippen molar-refractivity contribution in [2.45, 2.75) is 64.9 Å². The van der Waals surface area contributed by atoms with Gasteiger partial charge < -0.3 is 15.4 Å². The van der Waals surface area contributed by atoms with Gasteiger partial charge in [0.15, 0.2) is 0 Å². The third-order valence-corrected chi connectivity index (χ3v) is 5.18. The summed E-state index contributed by atoms with van der Waals surface area (Å²) in [7, 11) is 0. The van der Waals surface area contributed by atoms with Crippen molar-refractivity contribution in [2.75, 3.05) is 10.6 Å². The first kappa shape index (κ1) is 20.2. The molecule has 0 unspecified atom stereocenters. The summed E-state index contributed by atoms with van der Waals surface area (Å²) in [5, 5.41) is 0. The van der Waals surface area contributed by atoms with E-state index in [1.165, 1.54) is 18.6 Å². The van der Waals surface area contributed by atoms with Gasteiger partial charge in [0.05, 0.1) is 0 Å². The number of aromatic nitrogens is 2. The maximum atomic E-state index is 12.4. The predicted molar refractivity (Wildman–Crippen MR) is 102 cm³/mol. The fraction of sp³-hybridized carbons (Fsp3) is 0.500. The molecule has 1 aromatic heterocycles. The quantitative estimate of drug-likeness (QED) is 0.780. The highest BCUT2D eigenvalue weighted by molar-refractivity contribution is 5.52. The molecule has 28 heavy (non-hydrogen) atoms. The van der Waals surface area contributed by atoms with Crippen LogP contribution in [0.15, 0.2) is 24.3 Å². The minimum absolute atomic E-state index is 0.223. The minimum atomic E-state index is -4.69. The van der Waals surface area contributed by atoms with E-state index in [4.69, 9.17) is 5.73 Å². The topological polar surface area (TPSA) is 64.3 Å². The van der Waals surface area contributed by atoms with Crippen LogP contribution in [-0.2, 0) is 6.54 Å². The lowest BCUT2D eigenvalue weighted by Crippen LogP contribution is -2.37. The molecule has 0 amide bonds. The average molecular weight is 394 g/mol. The van der Waals surface area contributed by atoms with Gasteiger partial charge in [-0.15, -0.1) is 13.2 Å². The van der Waals surface area contributed by atoms with Crippen molar-refractivity contribution in [3.8, 4) is 5.75 Å². The van der Waals surface area contributed by atoms with Crippen molar-refractivity contribution in [1.29, 1.82) is 0 Å². The third kappa shape index (κ3) is 5.05. The number of hydrogen-bond acceptors (Lipinski definition) is 5. The summed E-state index contributed by atoms with van der Waals surface area (Å²) >= 11 is 0. The smallest absolute Gasteiger partial charge is 0.406 e. The summed E-state index contributed by atoms with van der Waals surface area (Å²) in [4.78, 5) is 10.9. The molecule has 1 aromatic carbocycles. The summed E-state index contributed by atoms with van der Waals surface area (Å²) in [6.45, 7) is 4.41. The number of rotatable bonds is 5. The van der Waals surface area contributed by atoms with Crippen molar-refractivity contribution < 1.29 is 17.9 Å². The van der Waals surface area contributed by atoms with Crippen LogP contribution >= 0.6 is 0 Å². The first-order chi connectivity index (χ1) is 13.2. The molecule has 0 aliphatic heterocycles. The Bertz CT molecular complexity index is 802. The van der Waals surface area contributed by atoms with Crippen LogP contribution in [-0.4, -0.2) is 22.4 Å². The summed E-state index contributed by atoms with van der Waals surface area (Å²) in [5.41, 5.74) is 8.58. The normalized spacial score (nSPS) is 15.5. The van der Waals surface area contributed by atoms with Gasteiger partial charge in [-0.3, -0.25) is 0 Å². The largest absolute Gasteiger partial charge is 0.573 e. The third-order valence-electron chi connectivity index (χ3n) is 5.18. The Balaban J connectivity index is 1.88. The van der Waals surface area contributed by atoms with Crippen molar-refractivity contribution in [2.24, 2.45) is 0 Å². The number of nitrogens with zero attached hydrogens (tertiary/aromatic N) is 3. The van der Waals surface area contributed by atoms with E-state index in [1.807, 2.05) is 13.8 Å². The van der Waals surface area contributed by atoms with Crippen LogP contribution in [0.2, 0.25) is 0 Å². The number of hydrogen-bond donors (Lipinski definition) is 1. The molecule has 0 saturated heterocycles. The fourth-order valence-electron chi connectivity index (χ4n) is 3.68. The lowest BCUT2D eigenvalue weighted by atomic mass is 9.93. The Morgan fingerprint density at radius 1 is 1.07 bits per heavy atom. The van der Waals surface area contributed by atoms with Crippen LogP contribution in [0, 0.1) is 13.8 Å². The molecule has 1 aliphatic carbocycles. The van der Waals surface area contributed by atoms with E-state index in [1.54, 1.807) is 12.1 Å². The van der Waals surface area contributed by atoms with E-state index in [0.717, 1.165) is 48.3 Å². The summed E-state index contributed by atoms with van der Waals surface area (Å²) < 4.78 is 41.1.